The van der Waals surface area contributed by atoms with Crippen molar-refractivity contribution in [3.8, 4) is 16.9 Å². The fraction of sp³-hybridized carbons (Fsp3) is 0.217. The van der Waals surface area contributed by atoms with Gasteiger partial charge in [-0.2, -0.15) is 0 Å². The lowest BCUT2D eigenvalue weighted by Gasteiger charge is -2.16. The molecule has 0 aliphatic carbocycles. The molecule has 0 atom stereocenters. The number of carbonyl (C=O) groups excluding carboxylic acids is 2. The Kier molecular flexibility index (Phi) is 4.98. The molecule has 2 N–H and O–H groups in total. The zero-order chi connectivity index (χ0) is 19.5. The van der Waals surface area contributed by atoms with Crippen LogP contribution in [-0.4, -0.2) is 36.4 Å². The second kappa shape index (κ2) is 7.72. The molecule has 2 amide bonds. The maximum atomic E-state index is 12.3. The molecule has 1 fully saturated rings. The summed E-state index contributed by atoms with van der Waals surface area (Å²) in [5, 5.41) is 2.05. The summed E-state index contributed by atoms with van der Waals surface area (Å²) in [6.45, 7) is 1.65. The third kappa shape index (κ3) is 3.69. The molecule has 4 rings (SSSR count). The Bertz CT molecular complexity index is 1040. The van der Waals surface area contributed by atoms with Gasteiger partial charge in [-0.15, -0.1) is 0 Å². The van der Waals surface area contributed by atoms with E-state index >= 15 is 0 Å². The highest BCUT2D eigenvalue weighted by molar-refractivity contribution is 6.00. The van der Waals surface area contributed by atoms with Crippen molar-refractivity contribution in [2.24, 2.45) is 5.73 Å². The quantitative estimate of drug-likeness (QED) is 0.741. The fourth-order valence-corrected chi connectivity index (χ4v) is 3.65. The van der Waals surface area contributed by atoms with Crippen molar-refractivity contribution in [1.29, 1.82) is 0 Å². The number of nitrogens with zero attached hydrogens (tertiary/aromatic N) is 1. The Morgan fingerprint density at radius 2 is 1.75 bits per heavy atom. The van der Waals surface area contributed by atoms with Gasteiger partial charge in [0.15, 0.2) is 6.61 Å². The van der Waals surface area contributed by atoms with Crippen LogP contribution in [0.5, 0.6) is 5.75 Å². The van der Waals surface area contributed by atoms with Crippen LogP contribution >= 0.6 is 0 Å². The molecule has 0 radical (unpaired) electrons. The first-order valence-corrected chi connectivity index (χ1v) is 9.45. The predicted molar refractivity (Wildman–Crippen MR) is 109 cm³/mol. The Balaban J connectivity index is 1.68. The first-order valence-electron chi connectivity index (χ1n) is 9.45. The summed E-state index contributed by atoms with van der Waals surface area (Å²) < 4.78 is 5.85. The van der Waals surface area contributed by atoms with Crippen molar-refractivity contribution in [3.63, 3.8) is 0 Å². The third-order valence-electron chi connectivity index (χ3n) is 5.11. The number of hydrogen-bond donors (Lipinski definition) is 1. The van der Waals surface area contributed by atoms with Crippen LogP contribution < -0.4 is 10.5 Å². The van der Waals surface area contributed by atoms with Crippen LogP contribution in [-0.2, 0) is 4.79 Å². The molecule has 1 aliphatic rings. The first kappa shape index (κ1) is 18.0. The van der Waals surface area contributed by atoms with Crippen LogP contribution in [0.25, 0.3) is 21.9 Å². The topological polar surface area (TPSA) is 72.6 Å². The number of fused-ring (bicyclic) bond motifs is 1. The maximum absolute atomic E-state index is 12.3. The highest BCUT2D eigenvalue weighted by Crippen LogP contribution is 2.33. The van der Waals surface area contributed by atoms with Gasteiger partial charge in [0.05, 0.1) is 0 Å². The summed E-state index contributed by atoms with van der Waals surface area (Å²) in [5.41, 5.74) is 7.71. The normalized spacial score (nSPS) is 13.6. The fourth-order valence-electron chi connectivity index (χ4n) is 3.65. The standard InChI is InChI=1S/C23H22N2O3/c24-23(27)18-8-5-7-16(12-18)21-14-19(13-17-6-1-2-9-20(17)21)28-15-22(26)25-10-3-4-11-25/h1-2,5-9,12-14H,3-4,10-11,15H2,(H2,24,27). The van der Waals surface area contributed by atoms with Gasteiger partial charge < -0.3 is 15.4 Å². The largest absolute Gasteiger partial charge is 0.484 e. The number of carbonyl (C=O) groups is 2. The van der Waals surface area contributed by atoms with Gasteiger partial charge in [0.2, 0.25) is 5.91 Å². The second-order valence-corrected chi connectivity index (χ2v) is 7.01. The molecule has 28 heavy (non-hydrogen) atoms. The molecule has 1 aliphatic heterocycles. The van der Waals surface area contributed by atoms with Crippen LogP contribution in [0.3, 0.4) is 0 Å². The minimum Gasteiger partial charge on any atom is -0.484 e. The van der Waals surface area contributed by atoms with Crippen molar-refractivity contribution >= 4 is 22.6 Å². The van der Waals surface area contributed by atoms with Crippen LogP contribution in [0.15, 0.2) is 60.7 Å². The minimum atomic E-state index is -0.463. The smallest absolute Gasteiger partial charge is 0.260 e. The number of rotatable bonds is 5. The van der Waals surface area contributed by atoms with Crippen LogP contribution in [0, 0.1) is 0 Å². The number of primary amides is 1. The van der Waals surface area contributed by atoms with Gasteiger partial charge >= 0.3 is 0 Å². The first-order chi connectivity index (χ1) is 13.6. The van der Waals surface area contributed by atoms with E-state index in [1.54, 1.807) is 12.1 Å². The van der Waals surface area contributed by atoms with E-state index in [4.69, 9.17) is 10.5 Å². The van der Waals surface area contributed by atoms with Gasteiger partial charge in [0.25, 0.3) is 5.91 Å². The van der Waals surface area contributed by atoms with E-state index in [9.17, 15) is 9.59 Å². The third-order valence-corrected chi connectivity index (χ3v) is 5.11. The van der Waals surface area contributed by atoms with E-state index in [1.165, 1.54) is 0 Å². The number of amides is 2. The number of ether oxygens (including phenoxy) is 1. The molecule has 0 spiro atoms. The SMILES string of the molecule is NC(=O)c1cccc(-c2cc(OCC(=O)N3CCCC3)cc3ccccc23)c1. The summed E-state index contributed by atoms with van der Waals surface area (Å²) >= 11 is 0. The summed E-state index contributed by atoms with van der Waals surface area (Å²) in [6.07, 6.45) is 2.12. The van der Waals surface area contributed by atoms with Crippen molar-refractivity contribution in [3.05, 3.63) is 66.2 Å². The molecule has 1 saturated heterocycles. The summed E-state index contributed by atoms with van der Waals surface area (Å²) in [7, 11) is 0. The highest BCUT2D eigenvalue weighted by atomic mass is 16.5. The summed E-state index contributed by atoms with van der Waals surface area (Å²) in [4.78, 5) is 25.7. The molecule has 0 saturated carbocycles. The van der Waals surface area contributed by atoms with Crippen LogP contribution in [0.1, 0.15) is 23.2 Å². The molecule has 0 bridgehead atoms. The lowest BCUT2D eigenvalue weighted by molar-refractivity contribution is -0.132. The zero-order valence-corrected chi connectivity index (χ0v) is 15.6. The Morgan fingerprint density at radius 1 is 0.964 bits per heavy atom. The van der Waals surface area contributed by atoms with Gasteiger partial charge in [-0.05, 0) is 59.0 Å². The molecule has 142 valence electrons. The maximum Gasteiger partial charge on any atom is 0.260 e. The molecule has 0 unspecified atom stereocenters. The van der Waals surface area contributed by atoms with Gasteiger partial charge in [-0.3, -0.25) is 9.59 Å². The average molecular weight is 374 g/mol. The van der Waals surface area contributed by atoms with Crippen LogP contribution in [0.2, 0.25) is 0 Å². The second-order valence-electron chi connectivity index (χ2n) is 7.01. The van der Waals surface area contributed by atoms with Gasteiger partial charge in [-0.25, -0.2) is 0 Å². The van der Waals surface area contributed by atoms with Crippen molar-refractivity contribution in [1.82, 2.24) is 4.90 Å². The molecule has 3 aromatic carbocycles. The van der Waals surface area contributed by atoms with Crippen molar-refractivity contribution in [2.45, 2.75) is 12.8 Å². The number of likely N-dealkylation sites (tertiary alicyclic amines) is 1. The molecule has 3 aromatic rings. The molecule has 5 heteroatoms. The number of benzene rings is 3. The van der Waals surface area contributed by atoms with E-state index in [-0.39, 0.29) is 12.5 Å². The van der Waals surface area contributed by atoms with Gasteiger partial charge in [-0.1, -0.05) is 36.4 Å². The molecule has 1 heterocycles. The average Bonchev–Trinajstić information content (AvgIpc) is 3.26. The lowest BCUT2D eigenvalue weighted by Crippen LogP contribution is -2.32. The van der Waals surface area contributed by atoms with E-state index < -0.39 is 5.91 Å². The zero-order valence-electron chi connectivity index (χ0n) is 15.6. The number of nitrogens with two attached hydrogens (primary N) is 1. The number of hydrogen-bond acceptors (Lipinski definition) is 3. The Labute approximate surface area is 163 Å². The summed E-state index contributed by atoms with van der Waals surface area (Å²) in [5.74, 6) is 0.184. The van der Waals surface area contributed by atoms with E-state index in [1.807, 2.05) is 53.4 Å². The Morgan fingerprint density at radius 3 is 2.54 bits per heavy atom. The van der Waals surface area contributed by atoms with E-state index in [0.717, 1.165) is 47.8 Å². The van der Waals surface area contributed by atoms with Gasteiger partial charge in [0.1, 0.15) is 5.75 Å². The van der Waals surface area contributed by atoms with Crippen molar-refractivity contribution < 1.29 is 14.3 Å². The molecule has 0 aromatic heterocycles. The van der Waals surface area contributed by atoms with Gasteiger partial charge in [0, 0.05) is 18.7 Å². The van der Waals surface area contributed by atoms with E-state index in [0.29, 0.717) is 11.3 Å². The lowest BCUT2D eigenvalue weighted by atomic mass is 9.96. The van der Waals surface area contributed by atoms with Crippen molar-refractivity contribution in [2.75, 3.05) is 19.7 Å². The monoisotopic (exact) mass is 374 g/mol. The van der Waals surface area contributed by atoms with Crippen LogP contribution in [0.4, 0.5) is 0 Å². The van der Waals surface area contributed by atoms with E-state index in [2.05, 4.69) is 0 Å². The highest BCUT2D eigenvalue weighted by Gasteiger charge is 2.18. The minimum absolute atomic E-state index is 0.0166. The Hall–Kier alpha value is -3.34. The predicted octanol–water partition coefficient (Wildman–Crippen LogP) is 3.61. The summed E-state index contributed by atoms with van der Waals surface area (Å²) in [6, 6.07) is 19.1. The molecular weight excluding hydrogens is 352 g/mol. The molecule has 5 nitrogen and oxygen atoms in total. The molecular formula is C23H22N2O3.